The Morgan fingerprint density at radius 1 is 1.50 bits per heavy atom. The van der Waals surface area contributed by atoms with Gasteiger partial charge in [0, 0.05) is 20.9 Å². The molecule has 0 amide bonds. The summed E-state index contributed by atoms with van der Waals surface area (Å²) in [5, 5.41) is 3.25. The second-order valence-electron chi connectivity index (χ2n) is 7.00. The zero-order valence-corrected chi connectivity index (χ0v) is 16.5. The molecule has 1 unspecified atom stereocenters. The van der Waals surface area contributed by atoms with Gasteiger partial charge in [-0.3, -0.25) is 4.99 Å². The number of aliphatic imine (C=N–C) groups is 1. The lowest BCUT2D eigenvalue weighted by molar-refractivity contribution is 0.0764. The van der Waals surface area contributed by atoms with E-state index in [2.05, 4.69) is 36.5 Å². The predicted octanol–water partition coefficient (Wildman–Crippen LogP) is 4.17. The summed E-state index contributed by atoms with van der Waals surface area (Å²) in [6, 6.07) is 1.13. The Morgan fingerprint density at radius 3 is 2.82 bits per heavy atom. The van der Waals surface area contributed by atoms with Gasteiger partial charge in [-0.15, -0.1) is 11.6 Å². The number of alkyl halides is 1. The minimum absolute atomic E-state index is 0.291. The van der Waals surface area contributed by atoms with Crippen molar-refractivity contribution in [1.29, 1.82) is 0 Å². The molecule has 0 spiro atoms. The van der Waals surface area contributed by atoms with Gasteiger partial charge in [0.2, 0.25) is 0 Å². The van der Waals surface area contributed by atoms with E-state index in [4.69, 9.17) is 27.9 Å². The minimum atomic E-state index is -1.08. The van der Waals surface area contributed by atoms with E-state index in [0.29, 0.717) is 30.8 Å². The lowest BCUT2D eigenvalue weighted by Crippen LogP contribution is -2.33. The highest BCUT2D eigenvalue weighted by molar-refractivity contribution is 6.76. The van der Waals surface area contributed by atoms with Gasteiger partial charge in [-0.1, -0.05) is 32.3 Å². The van der Waals surface area contributed by atoms with E-state index in [1.165, 1.54) is 0 Å². The third kappa shape index (κ3) is 8.22. The molecule has 1 heterocycles. The Kier molecular flexibility index (Phi) is 7.45. The molecule has 1 aliphatic heterocycles. The normalized spacial score (nSPS) is 25.5. The molecule has 126 valence electrons. The molecule has 0 aromatic heterocycles. The van der Waals surface area contributed by atoms with Gasteiger partial charge in [0.05, 0.1) is 11.4 Å². The molecule has 1 aliphatic rings. The molecule has 4 nitrogen and oxygen atoms in total. The third-order valence-electron chi connectivity index (χ3n) is 3.20. The predicted molar refractivity (Wildman–Crippen MR) is 99.3 cm³/mol. The largest absolute Gasteiger partial charge is 0.361 e. The Morgan fingerprint density at radius 2 is 2.18 bits per heavy atom. The quantitative estimate of drug-likeness (QED) is 0.344. The van der Waals surface area contributed by atoms with E-state index in [0.717, 1.165) is 12.7 Å². The van der Waals surface area contributed by atoms with Crippen LogP contribution in [-0.2, 0) is 4.74 Å². The average molecular weight is 364 g/mol. The summed E-state index contributed by atoms with van der Waals surface area (Å²) in [6.07, 6.45) is 4.64. The van der Waals surface area contributed by atoms with Crippen molar-refractivity contribution in [1.82, 2.24) is 10.2 Å². The fraction of sp³-hybridized carbons (Fsp3) is 0.667. The summed E-state index contributed by atoms with van der Waals surface area (Å²) in [7, 11) is -1.08. The zero-order chi connectivity index (χ0) is 16.8. The van der Waals surface area contributed by atoms with Gasteiger partial charge in [0.25, 0.3) is 0 Å². The van der Waals surface area contributed by atoms with Gasteiger partial charge in [-0.25, -0.2) is 0 Å². The summed E-state index contributed by atoms with van der Waals surface area (Å²) in [5.74, 6) is 0.635. The Balaban J connectivity index is 2.62. The second kappa shape index (κ2) is 8.38. The van der Waals surface area contributed by atoms with Crippen LogP contribution in [0.25, 0.3) is 0 Å². The van der Waals surface area contributed by atoms with Crippen molar-refractivity contribution in [2.24, 2.45) is 4.99 Å². The second-order valence-corrected chi connectivity index (χ2v) is 13.9. The summed E-state index contributed by atoms with van der Waals surface area (Å²) in [4.78, 5) is 5.67. The lowest BCUT2D eigenvalue weighted by Gasteiger charge is -2.26. The maximum Gasteiger partial charge on any atom is 0.196 e. The maximum absolute atomic E-state index is 6.39. The van der Waals surface area contributed by atoms with Gasteiger partial charge in [-0.2, -0.15) is 0 Å². The van der Waals surface area contributed by atoms with Crippen LogP contribution in [0.5, 0.6) is 0 Å². The monoisotopic (exact) mass is 363 g/mol. The molecular formula is C15H27Cl2N3OSi. The SMILES string of the molecule is C=C1NC(Cl)=NCC(C)(Cl)C/C=C\N1COCC[Si](C)(C)C. The molecule has 1 rings (SSSR count). The first-order chi connectivity index (χ1) is 10.1. The van der Waals surface area contributed by atoms with Crippen LogP contribution in [0.4, 0.5) is 0 Å². The molecule has 0 radical (unpaired) electrons. The Labute approximate surface area is 145 Å². The number of allylic oxidation sites excluding steroid dienone is 1. The van der Waals surface area contributed by atoms with Crippen molar-refractivity contribution in [3.63, 3.8) is 0 Å². The van der Waals surface area contributed by atoms with E-state index >= 15 is 0 Å². The minimum Gasteiger partial charge on any atom is -0.361 e. The third-order valence-corrected chi connectivity index (χ3v) is 5.39. The number of amidine groups is 1. The van der Waals surface area contributed by atoms with E-state index < -0.39 is 12.9 Å². The molecule has 0 saturated carbocycles. The number of ether oxygens (including phenoxy) is 1. The van der Waals surface area contributed by atoms with Crippen LogP contribution in [0.15, 0.2) is 29.7 Å². The Hall–Kier alpha value is -0.493. The molecule has 0 saturated heterocycles. The van der Waals surface area contributed by atoms with Gasteiger partial charge in [0.1, 0.15) is 12.6 Å². The molecule has 0 bridgehead atoms. The fourth-order valence-corrected chi connectivity index (χ4v) is 2.78. The number of nitrogens with zero attached hydrogens (tertiary/aromatic N) is 2. The molecule has 0 aliphatic carbocycles. The topological polar surface area (TPSA) is 36.9 Å². The molecule has 7 heteroatoms. The summed E-state index contributed by atoms with van der Waals surface area (Å²) in [5.41, 5.74) is 0. The van der Waals surface area contributed by atoms with E-state index in [1.807, 2.05) is 24.1 Å². The zero-order valence-electron chi connectivity index (χ0n) is 14.0. The highest BCUT2D eigenvalue weighted by Gasteiger charge is 2.20. The van der Waals surface area contributed by atoms with E-state index in [1.54, 1.807) is 0 Å². The van der Waals surface area contributed by atoms with Gasteiger partial charge < -0.3 is 15.0 Å². The van der Waals surface area contributed by atoms with Crippen LogP contribution in [0.1, 0.15) is 13.3 Å². The molecule has 1 atom stereocenters. The van der Waals surface area contributed by atoms with Crippen LogP contribution in [0, 0.1) is 0 Å². The number of rotatable bonds is 5. The van der Waals surface area contributed by atoms with Crippen molar-refractivity contribution in [2.75, 3.05) is 19.9 Å². The average Bonchev–Trinajstić information content (AvgIpc) is 2.37. The van der Waals surface area contributed by atoms with Crippen molar-refractivity contribution >= 4 is 36.6 Å². The van der Waals surface area contributed by atoms with Gasteiger partial charge in [0.15, 0.2) is 5.29 Å². The van der Waals surface area contributed by atoms with Gasteiger partial charge >= 0.3 is 0 Å². The highest BCUT2D eigenvalue weighted by atomic mass is 35.5. The molecule has 1 N–H and O–H groups in total. The number of hydrogen-bond donors (Lipinski definition) is 1. The first kappa shape index (κ1) is 19.6. The van der Waals surface area contributed by atoms with Gasteiger partial charge in [-0.05, 0) is 31.0 Å². The molecule has 0 fully saturated rings. The lowest BCUT2D eigenvalue weighted by atomic mass is 10.1. The first-order valence-corrected chi connectivity index (χ1v) is 11.9. The van der Waals surface area contributed by atoms with Crippen LogP contribution < -0.4 is 5.32 Å². The van der Waals surface area contributed by atoms with E-state index in [9.17, 15) is 0 Å². The van der Waals surface area contributed by atoms with Crippen LogP contribution >= 0.6 is 23.2 Å². The number of hydrogen-bond acceptors (Lipinski definition) is 4. The van der Waals surface area contributed by atoms with Crippen LogP contribution in [0.2, 0.25) is 25.7 Å². The van der Waals surface area contributed by atoms with Crippen molar-refractivity contribution < 1.29 is 4.74 Å². The van der Waals surface area contributed by atoms with Crippen LogP contribution in [-0.4, -0.2) is 43.0 Å². The fourth-order valence-electron chi connectivity index (χ4n) is 1.71. The Bertz CT molecular complexity index is 445. The summed E-state index contributed by atoms with van der Waals surface area (Å²) >= 11 is 12.5. The van der Waals surface area contributed by atoms with Crippen molar-refractivity contribution in [3.05, 3.63) is 24.7 Å². The smallest absolute Gasteiger partial charge is 0.196 e. The molecule has 22 heavy (non-hydrogen) atoms. The molecule has 0 aromatic rings. The molecular weight excluding hydrogens is 337 g/mol. The summed E-state index contributed by atoms with van der Waals surface area (Å²) < 4.78 is 5.77. The van der Waals surface area contributed by atoms with Crippen LogP contribution in [0.3, 0.4) is 0 Å². The number of nitrogens with one attached hydrogen (secondary N) is 1. The van der Waals surface area contributed by atoms with E-state index in [-0.39, 0.29) is 0 Å². The first-order valence-electron chi connectivity index (χ1n) is 7.45. The van der Waals surface area contributed by atoms with Crippen molar-refractivity contribution in [2.45, 2.75) is 43.9 Å². The highest BCUT2D eigenvalue weighted by Crippen LogP contribution is 2.21. The molecule has 0 aromatic carbocycles. The maximum atomic E-state index is 6.39. The number of halogens is 2. The summed E-state index contributed by atoms with van der Waals surface area (Å²) in [6.45, 7) is 14.5. The standard InChI is InChI=1S/C15H27Cl2N3OSi/c1-13-19-14(16)18-11-15(2,17)7-6-8-20(13)12-21-9-10-22(3,4)5/h6,8H,1,7,9-12H2,2-5H3,(H,18,19)/b8-6-. The van der Waals surface area contributed by atoms with Crippen molar-refractivity contribution in [3.8, 4) is 0 Å².